The van der Waals surface area contributed by atoms with Crippen LogP contribution >= 0.6 is 0 Å². The predicted molar refractivity (Wildman–Crippen MR) is 77.4 cm³/mol. The second-order valence-corrected chi connectivity index (χ2v) is 5.80. The number of unbranched alkanes of at least 4 members (excludes halogenated alkanes) is 6. The van der Waals surface area contributed by atoms with Gasteiger partial charge in [-0.3, -0.25) is 4.90 Å². The summed E-state index contributed by atoms with van der Waals surface area (Å²) in [6.07, 6.45) is 7.94. The normalized spacial score (nSPS) is 27.6. The molecular weight excluding hydrogens is 258 g/mol. The van der Waals surface area contributed by atoms with Gasteiger partial charge in [0.2, 0.25) is 5.72 Å². The molecule has 1 fully saturated rings. The zero-order valence-electron chi connectivity index (χ0n) is 12.6. The van der Waals surface area contributed by atoms with Crippen molar-refractivity contribution in [1.82, 2.24) is 4.90 Å². The highest BCUT2D eigenvalue weighted by molar-refractivity contribution is 5.77. The Bertz CT molecular complexity index is 298. The second-order valence-electron chi connectivity index (χ2n) is 5.80. The summed E-state index contributed by atoms with van der Waals surface area (Å²) in [5.74, 6) is -1.34. The molecule has 1 aliphatic heterocycles. The van der Waals surface area contributed by atoms with Gasteiger partial charge in [-0.15, -0.1) is 0 Å². The van der Waals surface area contributed by atoms with Crippen molar-refractivity contribution in [3.8, 4) is 0 Å². The van der Waals surface area contributed by atoms with Gasteiger partial charge in [0, 0.05) is 13.1 Å². The molecule has 2 atom stereocenters. The Morgan fingerprint density at radius 1 is 1.20 bits per heavy atom. The van der Waals surface area contributed by atoms with E-state index in [1.54, 1.807) is 0 Å². The number of carbonyl (C=O) groups is 1. The van der Waals surface area contributed by atoms with E-state index in [0.29, 0.717) is 19.5 Å². The maximum Gasteiger partial charge on any atom is 0.354 e. The number of hydrogen-bond acceptors (Lipinski definition) is 4. The summed E-state index contributed by atoms with van der Waals surface area (Å²) >= 11 is 0. The van der Waals surface area contributed by atoms with Crippen LogP contribution in [0.1, 0.15) is 64.7 Å². The fourth-order valence-electron chi connectivity index (χ4n) is 2.88. The summed E-state index contributed by atoms with van der Waals surface area (Å²) in [6.45, 7) is 3.26. The minimum absolute atomic E-state index is 0.344. The molecule has 0 aromatic carbocycles. The SMILES string of the molecule is CCCCCCCCCN1CCCC(O)C1(O)C(=O)O. The van der Waals surface area contributed by atoms with Crippen molar-refractivity contribution in [3.63, 3.8) is 0 Å². The number of hydrogen-bond donors (Lipinski definition) is 3. The first-order valence-corrected chi connectivity index (χ1v) is 7.92. The van der Waals surface area contributed by atoms with Crippen LogP contribution in [0.5, 0.6) is 0 Å². The van der Waals surface area contributed by atoms with Crippen LogP contribution in [0.2, 0.25) is 0 Å². The molecule has 1 rings (SSSR count). The van der Waals surface area contributed by atoms with Crippen molar-refractivity contribution in [2.75, 3.05) is 13.1 Å². The Morgan fingerprint density at radius 3 is 2.40 bits per heavy atom. The van der Waals surface area contributed by atoms with Crippen LogP contribution in [0.15, 0.2) is 0 Å². The van der Waals surface area contributed by atoms with Crippen molar-refractivity contribution >= 4 is 5.97 Å². The van der Waals surface area contributed by atoms with Gasteiger partial charge in [-0.05, 0) is 19.3 Å². The first-order valence-electron chi connectivity index (χ1n) is 7.92. The van der Waals surface area contributed by atoms with Gasteiger partial charge in [0.15, 0.2) is 0 Å². The molecule has 5 nitrogen and oxygen atoms in total. The highest BCUT2D eigenvalue weighted by Crippen LogP contribution is 2.27. The topological polar surface area (TPSA) is 81.0 Å². The van der Waals surface area contributed by atoms with Crippen molar-refractivity contribution in [3.05, 3.63) is 0 Å². The van der Waals surface area contributed by atoms with Crippen LogP contribution in [0.4, 0.5) is 0 Å². The van der Waals surface area contributed by atoms with Gasteiger partial charge in [0.05, 0.1) is 0 Å². The van der Waals surface area contributed by atoms with Crippen LogP contribution in [0, 0.1) is 0 Å². The number of aliphatic hydroxyl groups is 2. The van der Waals surface area contributed by atoms with Crippen molar-refractivity contribution in [2.24, 2.45) is 0 Å². The fourth-order valence-corrected chi connectivity index (χ4v) is 2.88. The lowest BCUT2D eigenvalue weighted by Gasteiger charge is -2.43. The van der Waals surface area contributed by atoms with Crippen LogP contribution < -0.4 is 0 Å². The largest absolute Gasteiger partial charge is 0.478 e. The fraction of sp³-hybridized carbons (Fsp3) is 0.933. The second kappa shape index (κ2) is 8.60. The molecule has 0 aromatic heterocycles. The molecule has 20 heavy (non-hydrogen) atoms. The first-order chi connectivity index (χ1) is 9.53. The van der Waals surface area contributed by atoms with E-state index in [9.17, 15) is 20.1 Å². The standard InChI is InChI=1S/C15H29NO4/c1-2-3-4-5-6-7-8-11-16-12-9-10-13(17)15(16,20)14(18)19/h13,17,20H,2-12H2,1H3,(H,18,19). The summed E-state index contributed by atoms with van der Waals surface area (Å²) in [7, 11) is 0. The Labute approximate surface area is 121 Å². The van der Waals surface area contributed by atoms with Gasteiger partial charge in [0.1, 0.15) is 6.10 Å². The molecule has 0 aliphatic carbocycles. The lowest BCUT2D eigenvalue weighted by atomic mass is 9.94. The molecule has 118 valence electrons. The number of carboxylic acid groups (broad SMARTS) is 1. The highest BCUT2D eigenvalue weighted by Gasteiger charge is 2.50. The van der Waals surface area contributed by atoms with E-state index < -0.39 is 17.8 Å². The first kappa shape index (κ1) is 17.4. The summed E-state index contributed by atoms with van der Waals surface area (Å²) in [5.41, 5.74) is -2.10. The molecule has 5 heteroatoms. The molecule has 0 spiro atoms. The number of aliphatic carboxylic acids is 1. The summed E-state index contributed by atoms with van der Waals surface area (Å²) in [4.78, 5) is 12.8. The monoisotopic (exact) mass is 287 g/mol. The molecule has 0 bridgehead atoms. The number of aliphatic hydroxyl groups excluding tert-OH is 1. The Morgan fingerprint density at radius 2 is 1.80 bits per heavy atom. The molecule has 0 amide bonds. The molecule has 3 N–H and O–H groups in total. The zero-order chi connectivity index (χ0) is 15.0. The van der Waals surface area contributed by atoms with E-state index in [1.807, 2.05) is 0 Å². The lowest BCUT2D eigenvalue weighted by molar-refractivity contribution is -0.219. The van der Waals surface area contributed by atoms with Crippen molar-refractivity contribution < 1.29 is 20.1 Å². The van der Waals surface area contributed by atoms with E-state index in [0.717, 1.165) is 25.7 Å². The van der Waals surface area contributed by atoms with Gasteiger partial charge in [-0.2, -0.15) is 0 Å². The zero-order valence-corrected chi connectivity index (χ0v) is 12.6. The number of nitrogens with zero attached hydrogens (tertiary/aromatic N) is 1. The van der Waals surface area contributed by atoms with Crippen molar-refractivity contribution in [2.45, 2.75) is 76.5 Å². The van der Waals surface area contributed by atoms with E-state index >= 15 is 0 Å². The van der Waals surface area contributed by atoms with Gasteiger partial charge in [-0.1, -0.05) is 45.4 Å². The number of carboxylic acids is 1. The van der Waals surface area contributed by atoms with E-state index in [-0.39, 0.29) is 0 Å². The third-order valence-corrected chi connectivity index (χ3v) is 4.20. The maximum atomic E-state index is 11.3. The molecule has 1 heterocycles. The lowest BCUT2D eigenvalue weighted by Crippen LogP contribution is -2.65. The summed E-state index contributed by atoms with van der Waals surface area (Å²) in [6, 6.07) is 0. The van der Waals surface area contributed by atoms with Crippen LogP contribution in [-0.2, 0) is 4.79 Å². The predicted octanol–water partition coefficient (Wildman–Crippen LogP) is 1.97. The van der Waals surface area contributed by atoms with Crippen LogP contribution in [-0.4, -0.2) is 51.1 Å². The van der Waals surface area contributed by atoms with Gasteiger partial charge >= 0.3 is 5.97 Å². The third-order valence-electron chi connectivity index (χ3n) is 4.20. The van der Waals surface area contributed by atoms with Gasteiger partial charge in [-0.25, -0.2) is 4.79 Å². The minimum atomic E-state index is -2.10. The van der Waals surface area contributed by atoms with Gasteiger partial charge < -0.3 is 15.3 Å². The molecular formula is C15H29NO4. The average molecular weight is 287 g/mol. The molecule has 0 radical (unpaired) electrons. The molecule has 2 unspecified atom stereocenters. The van der Waals surface area contributed by atoms with Crippen LogP contribution in [0.25, 0.3) is 0 Å². The van der Waals surface area contributed by atoms with Crippen molar-refractivity contribution in [1.29, 1.82) is 0 Å². The molecule has 0 aromatic rings. The Kier molecular flexibility index (Phi) is 7.48. The van der Waals surface area contributed by atoms with E-state index in [4.69, 9.17) is 0 Å². The quantitative estimate of drug-likeness (QED) is 0.565. The average Bonchev–Trinajstić information content (AvgIpc) is 2.42. The number of likely N-dealkylation sites (tertiary alicyclic amines) is 1. The van der Waals surface area contributed by atoms with E-state index in [2.05, 4.69) is 6.92 Å². The number of piperidine rings is 1. The smallest absolute Gasteiger partial charge is 0.354 e. The molecule has 1 saturated heterocycles. The molecule has 1 aliphatic rings. The van der Waals surface area contributed by atoms with Crippen LogP contribution in [0.3, 0.4) is 0 Å². The third kappa shape index (κ3) is 4.43. The van der Waals surface area contributed by atoms with Gasteiger partial charge in [0.25, 0.3) is 0 Å². The van der Waals surface area contributed by atoms with E-state index in [1.165, 1.54) is 30.6 Å². The summed E-state index contributed by atoms with van der Waals surface area (Å²) < 4.78 is 0. The summed E-state index contributed by atoms with van der Waals surface area (Å²) in [5, 5.41) is 29.2. The highest BCUT2D eigenvalue weighted by atomic mass is 16.4. The maximum absolute atomic E-state index is 11.3. The Hall–Kier alpha value is -0.650. The molecule has 0 saturated carbocycles. The number of rotatable bonds is 9. The Balaban J connectivity index is 2.32. The minimum Gasteiger partial charge on any atom is -0.478 e.